The zero-order valence-electron chi connectivity index (χ0n) is 10.9. The number of thioether (sulfide) groups is 1. The molecule has 5 heteroatoms. The standard InChI is InChI=1S/C14H19NO3S/c1-2-14(8-16,9-17)15-13(18)12-7-10-5-3-4-6-11(10)19-12/h3-6,12,16-17H,2,7-9H2,1H3,(H,15,18). The first kappa shape index (κ1) is 14.4. The molecule has 1 heterocycles. The van der Waals surface area contributed by atoms with Gasteiger partial charge in [0.05, 0.1) is 24.0 Å². The molecule has 0 spiro atoms. The number of hydrogen-bond donors (Lipinski definition) is 3. The molecule has 104 valence electrons. The highest BCUT2D eigenvalue weighted by Gasteiger charge is 2.34. The van der Waals surface area contributed by atoms with Crippen molar-refractivity contribution < 1.29 is 15.0 Å². The molecular weight excluding hydrogens is 262 g/mol. The molecule has 0 radical (unpaired) electrons. The maximum Gasteiger partial charge on any atom is 0.234 e. The second-order valence-electron chi connectivity index (χ2n) is 4.86. The first-order valence-corrected chi connectivity index (χ1v) is 7.30. The van der Waals surface area contributed by atoms with E-state index in [9.17, 15) is 15.0 Å². The Labute approximate surface area is 117 Å². The van der Waals surface area contributed by atoms with Gasteiger partial charge in [-0.25, -0.2) is 0 Å². The van der Waals surface area contributed by atoms with E-state index in [-0.39, 0.29) is 24.4 Å². The maximum atomic E-state index is 12.3. The molecule has 1 atom stereocenters. The van der Waals surface area contributed by atoms with Crippen LogP contribution in [-0.4, -0.2) is 40.1 Å². The fourth-order valence-electron chi connectivity index (χ4n) is 2.11. The molecule has 0 saturated carbocycles. The molecule has 0 aromatic heterocycles. The predicted octanol–water partition coefficient (Wildman–Crippen LogP) is 0.953. The van der Waals surface area contributed by atoms with E-state index in [1.54, 1.807) is 11.8 Å². The molecule has 1 aliphatic rings. The van der Waals surface area contributed by atoms with E-state index < -0.39 is 5.54 Å². The lowest BCUT2D eigenvalue weighted by Gasteiger charge is -2.30. The SMILES string of the molecule is CCC(CO)(CO)NC(=O)C1Cc2ccccc2S1. The summed E-state index contributed by atoms with van der Waals surface area (Å²) < 4.78 is 0. The zero-order chi connectivity index (χ0) is 13.9. The third-order valence-corrected chi connectivity index (χ3v) is 4.93. The van der Waals surface area contributed by atoms with Gasteiger partial charge in [0.15, 0.2) is 0 Å². The number of rotatable bonds is 5. The van der Waals surface area contributed by atoms with Gasteiger partial charge in [-0.2, -0.15) is 0 Å². The fourth-order valence-corrected chi connectivity index (χ4v) is 3.31. The van der Waals surface area contributed by atoms with Crippen LogP contribution in [0.3, 0.4) is 0 Å². The van der Waals surface area contributed by atoms with E-state index in [1.165, 1.54) is 5.56 Å². The van der Waals surface area contributed by atoms with Gasteiger partial charge in [0, 0.05) is 4.90 Å². The molecule has 1 aromatic rings. The number of amides is 1. The Morgan fingerprint density at radius 1 is 1.42 bits per heavy atom. The van der Waals surface area contributed by atoms with Crippen LogP contribution in [0, 0.1) is 0 Å². The summed E-state index contributed by atoms with van der Waals surface area (Å²) in [5.74, 6) is -0.119. The Bertz CT molecular complexity index is 426. The van der Waals surface area contributed by atoms with Gasteiger partial charge in [0.2, 0.25) is 5.91 Å². The second-order valence-corrected chi connectivity index (χ2v) is 6.10. The average molecular weight is 281 g/mol. The van der Waals surface area contributed by atoms with Crippen LogP contribution in [0.4, 0.5) is 0 Å². The largest absolute Gasteiger partial charge is 0.394 e. The lowest BCUT2D eigenvalue weighted by molar-refractivity contribution is -0.123. The predicted molar refractivity (Wildman–Crippen MR) is 75.1 cm³/mol. The Kier molecular flexibility index (Phi) is 4.50. The first-order valence-electron chi connectivity index (χ1n) is 6.42. The molecule has 0 aliphatic carbocycles. The number of carbonyl (C=O) groups excluding carboxylic acids is 1. The third kappa shape index (κ3) is 2.94. The monoisotopic (exact) mass is 281 g/mol. The molecular formula is C14H19NO3S. The van der Waals surface area contributed by atoms with Gasteiger partial charge in [0.1, 0.15) is 0 Å². The van der Waals surface area contributed by atoms with Crippen molar-refractivity contribution in [1.29, 1.82) is 0 Å². The van der Waals surface area contributed by atoms with Crippen molar-refractivity contribution in [2.75, 3.05) is 13.2 Å². The van der Waals surface area contributed by atoms with Crippen molar-refractivity contribution in [3.8, 4) is 0 Å². The zero-order valence-corrected chi connectivity index (χ0v) is 11.7. The molecule has 1 aliphatic heterocycles. The van der Waals surface area contributed by atoms with Gasteiger partial charge in [-0.15, -0.1) is 11.8 Å². The Balaban J connectivity index is 2.03. The Morgan fingerprint density at radius 3 is 2.68 bits per heavy atom. The molecule has 0 fully saturated rings. The van der Waals surface area contributed by atoms with Crippen LogP contribution in [-0.2, 0) is 11.2 Å². The second kappa shape index (κ2) is 5.94. The third-order valence-electron chi connectivity index (χ3n) is 3.61. The summed E-state index contributed by atoms with van der Waals surface area (Å²) in [4.78, 5) is 13.4. The maximum absolute atomic E-state index is 12.3. The molecule has 2 rings (SSSR count). The molecule has 19 heavy (non-hydrogen) atoms. The van der Waals surface area contributed by atoms with Crippen molar-refractivity contribution >= 4 is 17.7 Å². The summed E-state index contributed by atoms with van der Waals surface area (Å²) in [6.07, 6.45) is 1.19. The van der Waals surface area contributed by atoms with Gasteiger partial charge in [-0.1, -0.05) is 25.1 Å². The minimum Gasteiger partial charge on any atom is -0.394 e. The number of carbonyl (C=O) groups is 1. The lowest BCUT2D eigenvalue weighted by atomic mass is 9.98. The average Bonchev–Trinajstić information content (AvgIpc) is 2.89. The van der Waals surface area contributed by atoms with E-state index in [2.05, 4.69) is 5.32 Å². The summed E-state index contributed by atoms with van der Waals surface area (Å²) in [7, 11) is 0. The Morgan fingerprint density at radius 2 is 2.11 bits per heavy atom. The van der Waals surface area contributed by atoms with Crippen molar-refractivity contribution in [2.24, 2.45) is 0 Å². The summed E-state index contributed by atoms with van der Waals surface area (Å²) in [6.45, 7) is 1.33. The number of hydrogen-bond acceptors (Lipinski definition) is 4. The number of nitrogens with one attached hydrogen (secondary N) is 1. The molecule has 1 aromatic carbocycles. The van der Waals surface area contributed by atoms with E-state index in [4.69, 9.17) is 0 Å². The molecule has 0 saturated heterocycles. The van der Waals surface area contributed by atoms with Gasteiger partial charge >= 0.3 is 0 Å². The smallest absolute Gasteiger partial charge is 0.234 e. The highest BCUT2D eigenvalue weighted by molar-refractivity contribution is 8.01. The van der Waals surface area contributed by atoms with Crippen LogP contribution in [0.15, 0.2) is 29.2 Å². The fraction of sp³-hybridized carbons (Fsp3) is 0.500. The van der Waals surface area contributed by atoms with E-state index in [0.29, 0.717) is 12.8 Å². The Hall–Kier alpha value is -1.04. The number of aliphatic hydroxyl groups excluding tert-OH is 2. The van der Waals surface area contributed by atoms with Crippen LogP contribution in [0.2, 0.25) is 0 Å². The summed E-state index contributed by atoms with van der Waals surface area (Å²) in [6, 6.07) is 7.97. The minimum atomic E-state index is -0.910. The van der Waals surface area contributed by atoms with Gasteiger partial charge in [-0.3, -0.25) is 4.79 Å². The van der Waals surface area contributed by atoms with Crippen molar-refractivity contribution in [3.05, 3.63) is 29.8 Å². The van der Waals surface area contributed by atoms with Crippen LogP contribution in [0.5, 0.6) is 0 Å². The van der Waals surface area contributed by atoms with Gasteiger partial charge in [0.25, 0.3) is 0 Å². The van der Waals surface area contributed by atoms with Crippen LogP contribution in [0.1, 0.15) is 18.9 Å². The molecule has 4 nitrogen and oxygen atoms in total. The quantitative estimate of drug-likeness (QED) is 0.752. The van der Waals surface area contributed by atoms with E-state index in [1.807, 2.05) is 31.2 Å². The van der Waals surface area contributed by atoms with E-state index >= 15 is 0 Å². The molecule has 3 N–H and O–H groups in total. The number of benzene rings is 1. The van der Waals surface area contributed by atoms with Crippen molar-refractivity contribution in [2.45, 2.75) is 35.4 Å². The highest BCUT2D eigenvalue weighted by Crippen LogP contribution is 2.37. The van der Waals surface area contributed by atoms with Crippen molar-refractivity contribution in [3.63, 3.8) is 0 Å². The van der Waals surface area contributed by atoms with Crippen LogP contribution >= 0.6 is 11.8 Å². The van der Waals surface area contributed by atoms with E-state index in [0.717, 1.165) is 4.90 Å². The topological polar surface area (TPSA) is 69.6 Å². The van der Waals surface area contributed by atoms with Crippen LogP contribution < -0.4 is 5.32 Å². The van der Waals surface area contributed by atoms with Gasteiger partial charge in [-0.05, 0) is 24.5 Å². The highest BCUT2D eigenvalue weighted by atomic mass is 32.2. The van der Waals surface area contributed by atoms with Gasteiger partial charge < -0.3 is 15.5 Å². The first-order chi connectivity index (χ1) is 9.14. The summed E-state index contributed by atoms with van der Waals surface area (Å²) in [5.41, 5.74) is 0.273. The lowest BCUT2D eigenvalue weighted by Crippen LogP contribution is -2.55. The molecule has 1 unspecified atom stereocenters. The normalized spacial score (nSPS) is 18.2. The number of fused-ring (bicyclic) bond motifs is 1. The minimum absolute atomic E-state index is 0.119. The molecule has 0 bridgehead atoms. The van der Waals surface area contributed by atoms with Crippen molar-refractivity contribution in [1.82, 2.24) is 5.32 Å². The number of aliphatic hydroxyl groups is 2. The molecule has 1 amide bonds. The summed E-state index contributed by atoms with van der Waals surface area (Å²) >= 11 is 1.54. The summed E-state index contributed by atoms with van der Waals surface area (Å²) in [5, 5.41) is 21.3. The van der Waals surface area contributed by atoms with Crippen LogP contribution in [0.25, 0.3) is 0 Å².